The lowest BCUT2D eigenvalue weighted by atomic mass is 10.3. The van der Waals surface area contributed by atoms with Gasteiger partial charge in [-0.15, -0.1) is 0 Å². The van der Waals surface area contributed by atoms with Crippen molar-refractivity contribution >= 4 is 66.4 Å². The summed E-state index contributed by atoms with van der Waals surface area (Å²) < 4.78 is 28.3. The van der Waals surface area contributed by atoms with Gasteiger partial charge in [-0.1, -0.05) is 57.3 Å². The lowest BCUT2D eigenvalue weighted by Gasteiger charge is -2.24. The Morgan fingerprint density at radius 2 is 1.62 bits per heavy atom. The SMILES string of the molecule is O=C(CN(c1ccc(Br)cc1)S(=O)(=O)c1ccccc1)Nc1cc(Cl)ccc1Cl. The van der Waals surface area contributed by atoms with Crippen LogP contribution in [0, 0.1) is 0 Å². The molecule has 3 aromatic carbocycles. The number of benzene rings is 3. The number of amides is 1. The molecule has 5 nitrogen and oxygen atoms in total. The van der Waals surface area contributed by atoms with Gasteiger partial charge in [0.05, 0.1) is 21.3 Å². The van der Waals surface area contributed by atoms with Crippen molar-refractivity contribution in [3.8, 4) is 0 Å². The van der Waals surface area contributed by atoms with Crippen molar-refractivity contribution in [1.29, 1.82) is 0 Å². The molecule has 150 valence electrons. The monoisotopic (exact) mass is 512 g/mol. The number of anilines is 2. The Hall–Kier alpha value is -2.06. The molecule has 0 aromatic heterocycles. The molecule has 0 saturated heterocycles. The number of hydrogen-bond donors (Lipinski definition) is 1. The predicted octanol–water partition coefficient (Wildman–Crippen LogP) is 5.59. The molecular formula is C20H15BrCl2N2O3S. The molecule has 0 unspecified atom stereocenters. The normalized spacial score (nSPS) is 11.1. The number of nitrogens with one attached hydrogen (secondary N) is 1. The number of sulfonamides is 1. The first-order valence-corrected chi connectivity index (χ1v) is 11.3. The van der Waals surface area contributed by atoms with Crippen molar-refractivity contribution in [3.05, 3.63) is 87.3 Å². The average Bonchev–Trinajstić information content (AvgIpc) is 2.70. The third kappa shape index (κ3) is 5.30. The van der Waals surface area contributed by atoms with E-state index in [2.05, 4.69) is 21.2 Å². The predicted molar refractivity (Wildman–Crippen MR) is 120 cm³/mol. The number of rotatable bonds is 6. The number of carbonyl (C=O) groups is 1. The minimum atomic E-state index is -3.97. The Kier molecular flexibility index (Phi) is 6.85. The van der Waals surface area contributed by atoms with Crippen molar-refractivity contribution in [1.82, 2.24) is 0 Å². The van der Waals surface area contributed by atoms with Crippen LogP contribution in [0.5, 0.6) is 0 Å². The molecule has 3 aromatic rings. The van der Waals surface area contributed by atoms with Crippen LogP contribution >= 0.6 is 39.1 Å². The topological polar surface area (TPSA) is 66.5 Å². The van der Waals surface area contributed by atoms with E-state index in [9.17, 15) is 13.2 Å². The molecule has 0 bridgehead atoms. The van der Waals surface area contributed by atoms with E-state index in [0.717, 1.165) is 8.78 Å². The van der Waals surface area contributed by atoms with Crippen LogP contribution < -0.4 is 9.62 Å². The van der Waals surface area contributed by atoms with E-state index >= 15 is 0 Å². The second kappa shape index (κ2) is 9.17. The molecule has 0 saturated carbocycles. The fourth-order valence-electron chi connectivity index (χ4n) is 2.56. The van der Waals surface area contributed by atoms with Crippen molar-refractivity contribution in [2.24, 2.45) is 0 Å². The van der Waals surface area contributed by atoms with E-state index in [1.165, 1.54) is 18.2 Å². The first-order chi connectivity index (χ1) is 13.8. The van der Waals surface area contributed by atoms with Crippen molar-refractivity contribution in [3.63, 3.8) is 0 Å². The Morgan fingerprint density at radius 1 is 0.966 bits per heavy atom. The maximum atomic E-state index is 13.2. The summed E-state index contributed by atoms with van der Waals surface area (Å²) in [7, 11) is -3.97. The van der Waals surface area contributed by atoms with Gasteiger partial charge in [0.15, 0.2) is 0 Å². The zero-order valence-electron chi connectivity index (χ0n) is 14.8. The van der Waals surface area contributed by atoms with E-state index in [1.807, 2.05) is 0 Å². The Morgan fingerprint density at radius 3 is 2.28 bits per heavy atom. The van der Waals surface area contributed by atoms with Crippen LogP contribution in [0.15, 0.2) is 82.2 Å². The maximum Gasteiger partial charge on any atom is 0.264 e. The smallest absolute Gasteiger partial charge is 0.264 e. The number of hydrogen-bond acceptors (Lipinski definition) is 3. The Balaban J connectivity index is 1.94. The van der Waals surface area contributed by atoms with Gasteiger partial charge in [-0.2, -0.15) is 0 Å². The van der Waals surface area contributed by atoms with Crippen molar-refractivity contribution < 1.29 is 13.2 Å². The Bertz CT molecular complexity index is 1120. The highest BCUT2D eigenvalue weighted by Gasteiger charge is 2.27. The first kappa shape index (κ1) is 21.6. The van der Waals surface area contributed by atoms with Crippen molar-refractivity contribution in [2.75, 3.05) is 16.2 Å². The second-order valence-corrected chi connectivity index (χ2v) is 9.60. The van der Waals surface area contributed by atoms with Gasteiger partial charge in [0, 0.05) is 9.50 Å². The van der Waals surface area contributed by atoms with E-state index < -0.39 is 22.5 Å². The van der Waals surface area contributed by atoms with Gasteiger partial charge in [-0.3, -0.25) is 9.10 Å². The highest BCUT2D eigenvalue weighted by Crippen LogP contribution is 2.27. The highest BCUT2D eigenvalue weighted by molar-refractivity contribution is 9.10. The van der Waals surface area contributed by atoms with Gasteiger partial charge in [0.25, 0.3) is 10.0 Å². The third-order valence-corrected chi connectivity index (χ3v) is 6.82. The van der Waals surface area contributed by atoms with Gasteiger partial charge in [-0.05, 0) is 54.6 Å². The van der Waals surface area contributed by atoms with Crippen LogP contribution in [0.3, 0.4) is 0 Å². The zero-order valence-corrected chi connectivity index (χ0v) is 18.8. The fraction of sp³-hybridized carbons (Fsp3) is 0.0500. The summed E-state index contributed by atoms with van der Waals surface area (Å²) in [5.74, 6) is -0.559. The highest BCUT2D eigenvalue weighted by atomic mass is 79.9. The molecule has 1 amide bonds. The summed E-state index contributed by atoms with van der Waals surface area (Å²) in [5.41, 5.74) is 0.654. The molecule has 0 aliphatic heterocycles. The molecule has 3 rings (SSSR count). The first-order valence-electron chi connectivity index (χ1n) is 8.35. The zero-order chi connectivity index (χ0) is 21.0. The van der Waals surface area contributed by atoms with Crippen LogP contribution in [-0.2, 0) is 14.8 Å². The molecule has 1 N–H and O–H groups in total. The lowest BCUT2D eigenvalue weighted by molar-refractivity contribution is -0.114. The van der Waals surface area contributed by atoms with Crippen LogP contribution in [0.1, 0.15) is 0 Å². The molecule has 0 aliphatic carbocycles. The van der Waals surface area contributed by atoms with E-state index in [4.69, 9.17) is 23.2 Å². The van der Waals surface area contributed by atoms with Crippen LogP contribution in [0.25, 0.3) is 0 Å². The fourth-order valence-corrected chi connectivity index (χ4v) is 4.60. The summed E-state index contributed by atoms with van der Waals surface area (Å²) in [6, 6.07) is 19.2. The lowest BCUT2D eigenvalue weighted by Crippen LogP contribution is -2.38. The average molecular weight is 514 g/mol. The molecule has 0 heterocycles. The molecule has 0 atom stereocenters. The molecule has 0 radical (unpaired) electrons. The standard InChI is InChI=1S/C20H15BrCl2N2O3S/c21-14-6-9-16(10-7-14)25(29(27,28)17-4-2-1-3-5-17)13-20(26)24-19-12-15(22)8-11-18(19)23/h1-12H,13H2,(H,24,26). The van der Waals surface area contributed by atoms with Crippen LogP contribution in [0.4, 0.5) is 11.4 Å². The van der Waals surface area contributed by atoms with Gasteiger partial charge in [0.2, 0.25) is 5.91 Å². The molecule has 9 heteroatoms. The maximum absolute atomic E-state index is 13.2. The van der Waals surface area contributed by atoms with E-state index in [0.29, 0.717) is 21.4 Å². The van der Waals surface area contributed by atoms with Gasteiger partial charge < -0.3 is 5.32 Å². The minimum absolute atomic E-state index is 0.0801. The minimum Gasteiger partial charge on any atom is -0.323 e. The van der Waals surface area contributed by atoms with Gasteiger partial charge >= 0.3 is 0 Å². The third-order valence-electron chi connectivity index (χ3n) is 3.94. The number of halogens is 3. The quantitative estimate of drug-likeness (QED) is 0.467. The van der Waals surface area contributed by atoms with Crippen molar-refractivity contribution in [2.45, 2.75) is 4.90 Å². The molecular weight excluding hydrogens is 499 g/mol. The molecule has 0 fully saturated rings. The second-order valence-electron chi connectivity index (χ2n) is 5.97. The molecule has 0 spiro atoms. The number of nitrogens with zero attached hydrogens (tertiary/aromatic N) is 1. The Labute approximate surface area is 187 Å². The summed E-state index contributed by atoms with van der Waals surface area (Å²) in [4.78, 5) is 12.8. The summed E-state index contributed by atoms with van der Waals surface area (Å²) in [5, 5.41) is 3.31. The van der Waals surface area contributed by atoms with Crippen LogP contribution in [0.2, 0.25) is 10.0 Å². The largest absolute Gasteiger partial charge is 0.323 e. The van der Waals surface area contributed by atoms with E-state index in [-0.39, 0.29) is 4.90 Å². The number of carbonyl (C=O) groups excluding carboxylic acids is 1. The van der Waals surface area contributed by atoms with E-state index in [1.54, 1.807) is 54.6 Å². The summed E-state index contributed by atoms with van der Waals surface area (Å²) >= 11 is 15.4. The van der Waals surface area contributed by atoms with Crippen LogP contribution in [-0.4, -0.2) is 20.9 Å². The molecule has 29 heavy (non-hydrogen) atoms. The molecule has 0 aliphatic rings. The summed E-state index contributed by atoms with van der Waals surface area (Å²) in [6.45, 7) is -0.443. The van der Waals surface area contributed by atoms with Gasteiger partial charge in [0.1, 0.15) is 6.54 Å². The van der Waals surface area contributed by atoms with Gasteiger partial charge in [-0.25, -0.2) is 8.42 Å². The summed E-state index contributed by atoms with van der Waals surface area (Å²) in [6.07, 6.45) is 0.